The monoisotopic (exact) mass is 239 g/mol. The highest BCUT2D eigenvalue weighted by Gasteiger charge is 2.36. The molecule has 4 heteroatoms. The zero-order valence-electron chi connectivity index (χ0n) is 11.1. The van der Waals surface area contributed by atoms with Gasteiger partial charge in [0, 0.05) is 31.7 Å². The van der Waals surface area contributed by atoms with Gasteiger partial charge in [-0.05, 0) is 39.7 Å². The van der Waals surface area contributed by atoms with Gasteiger partial charge in [-0.3, -0.25) is 9.69 Å². The van der Waals surface area contributed by atoms with E-state index in [0.29, 0.717) is 24.5 Å². The lowest BCUT2D eigenvalue weighted by Gasteiger charge is -2.29. The fraction of sp³-hybridized carbons (Fsp3) is 0.923. The van der Waals surface area contributed by atoms with Crippen LogP contribution in [0.5, 0.6) is 0 Å². The van der Waals surface area contributed by atoms with Crippen LogP contribution in [0.3, 0.4) is 0 Å². The van der Waals surface area contributed by atoms with Crippen molar-refractivity contribution in [2.45, 2.75) is 45.2 Å². The molecule has 0 aromatic rings. The highest BCUT2D eigenvalue weighted by atomic mass is 16.2. The summed E-state index contributed by atoms with van der Waals surface area (Å²) < 4.78 is 0. The van der Waals surface area contributed by atoms with Crippen LogP contribution in [-0.4, -0.2) is 60.5 Å². The van der Waals surface area contributed by atoms with Crippen LogP contribution in [0.15, 0.2) is 0 Å². The van der Waals surface area contributed by atoms with E-state index in [-0.39, 0.29) is 0 Å². The van der Waals surface area contributed by atoms with Crippen LogP contribution in [0.2, 0.25) is 0 Å². The summed E-state index contributed by atoms with van der Waals surface area (Å²) in [5.74, 6) is 0.300. The largest absolute Gasteiger partial charge is 0.342 e. The van der Waals surface area contributed by atoms with E-state index in [9.17, 15) is 4.79 Å². The summed E-state index contributed by atoms with van der Waals surface area (Å²) >= 11 is 0. The number of carbonyl (C=O) groups is 1. The number of carbonyl (C=O) groups excluding carboxylic acids is 1. The van der Waals surface area contributed by atoms with Crippen LogP contribution in [0.25, 0.3) is 0 Å². The second-order valence-corrected chi connectivity index (χ2v) is 5.12. The molecular weight excluding hydrogens is 214 g/mol. The Bertz CT molecular complexity index is 251. The fourth-order valence-electron chi connectivity index (χ4n) is 3.17. The van der Waals surface area contributed by atoms with Gasteiger partial charge in [-0.2, -0.15) is 0 Å². The van der Waals surface area contributed by atoms with Crippen molar-refractivity contribution in [1.82, 2.24) is 15.1 Å². The van der Waals surface area contributed by atoms with Gasteiger partial charge in [-0.1, -0.05) is 0 Å². The molecule has 0 aromatic carbocycles. The zero-order valence-corrected chi connectivity index (χ0v) is 11.1. The summed E-state index contributed by atoms with van der Waals surface area (Å²) in [6.45, 7) is 8.56. The molecule has 17 heavy (non-hydrogen) atoms. The third-order valence-corrected chi connectivity index (χ3v) is 4.24. The molecule has 0 spiro atoms. The third-order valence-electron chi connectivity index (χ3n) is 4.24. The molecule has 0 saturated carbocycles. The van der Waals surface area contributed by atoms with Gasteiger partial charge in [0.15, 0.2) is 0 Å². The maximum Gasteiger partial charge on any atom is 0.236 e. The number of nitrogens with zero attached hydrogens (tertiary/aromatic N) is 2. The van der Waals surface area contributed by atoms with E-state index >= 15 is 0 Å². The first-order chi connectivity index (χ1) is 8.26. The van der Waals surface area contributed by atoms with Gasteiger partial charge in [-0.15, -0.1) is 0 Å². The van der Waals surface area contributed by atoms with Crippen LogP contribution >= 0.6 is 0 Å². The second kappa shape index (κ2) is 5.83. The molecule has 2 rings (SSSR count). The van der Waals surface area contributed by atoms with Crippen LogP contribution in [0.4, 0.5) is 0 Å². The molecule has 2 heterocycles. The number of rotatable bonds is 4. The Labute approximate surface area is 104 Å². The molecule has 2 bridgehead atoms. The number of amides is 1. The van der Waals surface area contributed by atoms with Gasteiger partial charge in [-0.25, -0.2) is 0 Å². The Morgan fingerprint density at radius 1 is 1.24 bits per heavy atom. The number of hydrogen-bond donors (Lipinski definition) is 1. The normalized spacial score (nSPS) is 29.1. The van der Waals surface area contributed by atoms with Crippen molar-refractivity contribution in [2.24, 2.45) is 0 Å². The van der Waals surface area contributed by atoms with Gasteiger partial charge in [0.05, 0.1) is 6.54 Å². The standard InChI is InChI=1S/C13H25N3O/c1-3-15(4-2)13(17)10-16-11-5-6-12(16)9-14-8-7-11/h11-12,14H,3-10H2,1-2H3. The lowest BCUT2D eigenvalue weighted by atomic mass is 10.1. The lowest BCUT2D eigenvalue weighted by molar-refractivity contribution is -0.132. The van der Waals surface area contributed by atoms with Crippen molar-refractivity contribution in [1.29, 1.82) is 0 Å². The van der Waals surface area contributed by atoms with Crippen LogP contribution in [0.1, 0.15) is 33.1 Å². The fourth-order valence-corrected chi connectivity index (χ4v) is 3.17. The summed E-state index contributed by atoms with van der Waals surface area (Å²) in [4.78, 5) is 16.6. The molecule has 1 amide bonds. The zero-order chi connectivity index (χ0) is 12.3. The molecule has 98 valence electrons. The van der Waals surface area contributed by atoms with Gasteiger partial charge in [0.2, 0.25) is 5.91 Å². The molecule has 2 atom stereocenters. The Balaban J connectivity index is 1.95. The van der Waals surface area contributed by atoms with Crippen molar-refractivity contribution in [3.8, 4) is 0 Å². The third kappa shape index (κ3) is 2.80. The Hall–Kier alpha value is -0.610. The SMILES string of the molecule is CCN(CC)C(=O)CN1C2CCNCC1CC2. The summed E-state index contributed by atoms with van der Waals surface area (Å²) in [5.41, 5.74) is 0. The van der Waals surface area contributed by atoms with E-state index < -0.39 is 0 Å². The maximum atomic E-state index is 12.2. The van der Waals surface area contributed by atoms with Crippen molar-refractivity contribution in [3.05, 3.63) is 0 Å². The molecule has 0 radical (unpaired) electrons. The predicted molar refractivity (Wildman–Crippen MR) is 68.9 cm³/mol. The first kappa shape index (κ1) is 12.8. The van der Waals surface area contributed by atoms with Crippen molar-refractivity contribution < 1.29 is 4.79 Å². The van der Waals surface area contributed by atoms with Crippen LogP contribution in [-0.2, 0) is 4.79 Å². The van der Waals surface area contributed by atoms with E-state index in [1.54, 1.807) is 0 Å². The minimum atomic E-state index is 0.300. The summed E-state index contributed by atoms with van der Waals surface area (Å²) in [6.07, 6.45) is 3.73. The predicted octanol–water partition coefficient (Wildman–Crippen LogP) is 0.681. The molecule has 0 aromatic heterocycles. The lowest BCUT2D eigenvalue weighted by Crippen LogP contribution is -2.46. The molecular formula is C13H25N3O. The minimum Gasteiger partial charge on any atom is -0.342 e. The van der Waals surface area contributed by atoms with E-state index in [2.05, 4.69) is 24.1 Å². The van der Waals surface area contributed by atoms with E-state index in [4.69, 9.17) is 0 Å². The molecule has 2 saturated heterocycles. The molecule has 2 aliphatic rings. The summed E-state index contributed by atoms with van der Waals surface area (Å²) in [6, 6.07) is 1.22. The highest BCUT2D eigenvalue weighted by Crippen LogP contribution is 2.27. The van der Waals surface area contributed by atoms with E-state index in [1.807, 2.05) is 4.90 Å². The minimum absolute atomic E-state index is 0.300. The van der Waals surface area contributed by atoms with Crippen molar-refractivity contribution in [3.63, 3.8) is 0 Å². The first-order valence-electron chi connectivity index (χ1n) is 7.00. The van der Waals surface area contributed by atoms with E-state index in [0.717, 1.165) is 26.2 Å². The highest BCUT2D eigenvalue weighted by molar-refractivity contribution is 5.78. The van der Waals surface area contributed by atoms with Gasteiger partial charge in [0.1, 0.15) is 0 Å². The van der Waals surface area contributed by atoms with Gasteiger partial charge in [0.25, 0.3) is 0 Å². The number of nitrogens with one attached hydrogen (secondary N) is 1. The van der Waals surface area contributed by atoms with Crippen LogP contribution < -0.4 is 5.32 Å². The van der Waals surface area contributed by atoms with Crippen molar-refractivity contribution in [2.75, 3.05) is 32.7 Å². The maximum absolute atomic E-state index is 12.2. The smallest absolute Gasteiger partial charge is 0.236 e. The van der Waals surface area contributed by atoms with Crippen molar-refractivity contribution >= 4 is 5.91 Å². The summed E-state index contributed by atoms with van der Waals surface area (Å²) in [7, 11) is 0. The van der Waals surface area contributed by atoms with Gasteiger partial charge < -0.3 is 10.2 Å². The molecule has 0 aliphatic carbocycles. The van der Waals surface area contributed by atoms with Crippen LogP contribution in [0, 0.1) is 0 Å². The number of fused-ring (bicyclic) bond motifs is 2. The molecule has 2 fully saturated rings. The molecule has 2 unspecified atom stereocenters. The second-order valence-electron chi connectivity index (χ2n) is 5.12. The average Bonchev–Trinajstić information content (AvgIpc) is 2.54. The number of likely N-dealkylation sites (N-methyl/N-ethyl adjacent to an activating group) is 1. The summed E-state index contributed by atoms with van der Waals surface area (Å²) in [5, 5.41) is 3.47. The topological polar surface area (TPSA) is 35.6 Å². The molecule has 4 nitrogen and oxygen atoms in total. The molecule has 1 N–H and O–H groups in total. The quantitative estimate of drug-likeness (QED) is 0.784. The number of hydrogen-bond acceptors (Lipinski definition) is 3. The first-order valence-corrected chi connectivity index (χ1v) is 7.00. The Morgan fingerprint density at radius 3 is 2.65 bits per heavy atom. The Kier molecular flexibility index (Phi) is 4.40. The Morgan fingerprint density at radius 2 is 1.94 bits per heavy atom. The average molecular weight is 239 g/mol. The van der Waals surface area contributed by atoms with Gasteiger partial charge >= 0.3 is 0 Å². The molecule has 2 aliphatic heterocycles. The van der Waals surface area contributed by atoms with E-state index in [1.165, 1.54) is 19.3 Å².